The van der Waals surface area contributed by atoms with Gasteiger partial charge in [-0.2, -0.15) is 0 Å². The standard InChI is InChI=1S/C13H15BrN2O3/c1-16(7-8-2-3-8)13(19)15-9-4-5-11(14)10(6-9)12(17)18/h4-6,8H,2-3,7H2,1H3,(H,15,19)(H,17,18). The molecule has 0 bridgehead atoms. The van der Waals surface area contributed by atoms with Crippen LogP contribution in [0, 0.1) is 5.92 Å². The number of anilines is 1. The molecule has 0 unspecified atom stereocenters. The molecule has 5 nitrogen and oxygen atoms in total. The number of rotatable bonds is 4. The highest BCUT2D eigenvalue weighted by atomic mass is 79.9. The minimum atomic E-state index is -1.03. The van der Waals surface area contributed by atoms with Gasteiger partial charge in [0, 0.05) is 23.8 Å². The molecule has 0 heterocycles. The number of halogens is 1. The molecule has 0 aromatic heterocycles. The Bertz CT molecular complexity index is 515. The number of aromatic carboxylic acids is 1. The number of carbonyl (C=O) groups is 2. The van der Waals surface area contributed by atoms with E-state index in [-0.39, 0.29) is 11.6 Å². The van der Waals surface area contributed by atoms with E-state index in [1.807, 2.05) is 0 Å². The molecule has 1 aromatic rings. The van der Waals surface area contributed by atoms with E-state index in [0.29, 0.717) is 16.1 Å². The number of amides is 2. The van der Waals surface area contributed by atoms with Crippen molar-refractivity contribution in [1.82, 2.24) is 4.90 Å². The second-order valence-electron chi connectivity index (χ2n) is 4.75. The first-order valence-electron chi connectivity index (χ1n) is 6.02. The van der Waals surface area contributed by atoms with Gasteiger partial charge in [-0.25, -0.2) is 9.59 Å². The molecule has 102 valence electrons. The van der Waals surface area contributed by atoms with Crippen molar-refractivity contribution < 1.29 is 14.7 Å². The highest BCUT2D eigenvalue weighted by molar-refractivity contribution is 9.10. The molecule has 0 atom stereocenters. The highest BCUT2D eigenvalue weighted by Crippen LogP contribution is 2.29. The van der Waals surface area contributed by atoms with Crippen molar-refractivity contribution in [2.75, 3.05) is 18.9 Å². The van der Waals surface area contributed by atoms with Crippen LogP contribution in [0.3, 0.4) is 0 Å². The van der Waals surface area contributed by atoms with Gasteiger partial charge in [0.15, 0.2) is 0 Å². The molecule has 2 amide bonds. The lowest BCUT2D eigenvalue weighted by Gasteiger charge is -2.17. The van der Waals surface area contributed by atoms with Crippen LogP contribution in [0.15, 0.2) is 22.7 Å². The normalized spacial score (nSPS) is 14.0. The van der Waals surface area contributed by atoms with Crippen LogP contribution < -0.4 is 5.32 Å². The minimum Gasteiger partial charge on any atom is -0.478 e. The lowest BCUT2D eigenvalue weighted by Crippen LogP contribution is -2.32. The summed E-state index contributed by atoms with van der Waals surface area (Å²) in [5, 5.41) is 11.7. The maximum atomic E-state index is 11.9. The smallest absolute Gasteiger partial charge is 0.336 e. The third-order valence-electron chi connectivity index (χ3n) is 3.02. The van der Waals surface area contributed by atoms with Gasteiger partial charge < -0.3 is 15.3 Å². The summed E-state index contributed by atoms with van der Waals surface area (Å²) in [6.07, 6.45) is 2.36. The predicted molar refractivity (Wildman–Crippen MR) is 75.5 cm³/mol. The predicted octanol–water partition coefficient (Wildman–Crippen LogP) is 3.02. The largest absolute Gasteiger partial charge is 0.478 e. The van der Waals surface area contributed by atoms with E-state index >= 15 is 0 Å². The zero-order valence-corrected chi connectivity index (χ0v) is 12.1. The van der Waals surface area contributed by atoms with Gasteiger partial charge in [0.05, 0.1) is 5.56 Å². The van der Waals surface area contributed by atoms with E-state index in [1.54, 1.807) is 24.1 Å². The fourth-order valence-electron chi connectivity index (χ4n) is 1.76. The van der Waals surface area contributed by atoms with Gasteiger partial charge in [0.2, 0.25) is 0 Å². The number of benzene rings is 1. The van der Waals surface area contributed by atoms with Gasteiger partial charge in [-0.1, -0.05) is 0 Å². The third kappa shape index (κ3) is 3.70. The van der Waals surface area contributed by atoms with E-state index in [4.69, 9.17) is 5.11 Å². The Morgan fingerprint density at radius 2 is 2.16 bits per heavy atom. The average molecular weight is 327 g/mol. The molecular weight excluding hydrogens is 312 g/mol. The van der Waals surface area contributed by atoms with E-state index < -0.39 is 5.97 Å². The van der Waals surface area contributed by atoms with Crippen LogP contribution in [0.1, 0.15) is 23.2 Å². The van der Waals surface area contributed by atoms with Crippen LogP contribution in [-0.4, -0.2) is 35.6 Å². The van der Waals surface area contributed by atoms with Crippen LogP contribution in [-0.2, 0) is 0 Å². The van der Waals surface area contributed by atoms with Crippen LogP contribution in [0.25, 0.3) is 0 Å². The molecule has 19 heavy (non-hydrogen) atoms. The lowest BCUT2D eigenvalue weighted by molar-refractivity contribution is 0.0696. The molecule has 1 aliphatic carbocycles. The van der Waals surface area contributed by atoms with Crippen molar-refractivity contribution in [2.24, 2.45) is 5.92 Å². The van der Waals surface area contributed by atoms with Crippen LogP contribution in [0.2, 0.25) is 0 Å². The summed E-state index contributed by atoms with van der Waals surface area (Å²) in [7, 11) is 1.74. The first-order chi connectivity index (χ1) is 8.97. The number of carbonyl (C=O) groups excluding carboxylic acids is 1. The molecule has 2 rings (SSSR count). The number of carboxylic acid groups (broad SMARTS) is 1. The number of nitrogens with zero attached hydrogens (tertiary/aromatic N) is 1. The van der Waals surface area contributed by atoms with Crippen molar-refractivity contribution in [3.05, 3.63) is 28.2 Å². The van der Waals surface area contributed by atoms with Gasteiger partial charge in [-0.05, 0) is 52.9 Å². The van der Waals surface area contributed by atoms with Crippen LogP contribution in [0.4, 0.5) is 10.5 Å². The number of carboxylic acids is 1. The Kier molecular flexibility index (Phi) is 4.09. The molecule has 6 heteroatoms. The van der Waals surface area contributed by atoms with Crippen LogP contribution >= 0.6 is 15.9 Å². The molecular formula is C13H15BrN2O3. The van der Waals surface area contributed by atoms with E-state index in [9.17, 15) is 9.59 Å². The monoisotopic (exact) mass is 326 g/mol. The quantitative estimate of drug-likeness (QED) is 0.893. The van der Waals surface area contributed by atoms with Crippen LogP contribution in [0.5, 0.6) is 0 Å². The topological polar surface area (TPSA) is 69.6 Å². The van der Waals surface area contributed by atoms with Crippen molar-refractivity contribution in [2.45, 2.75) is 12.8 Å². The summed E-state index contributed by atoms with van der Waals surface area (Å²) < 4.78 is 0.490. The molecule has 0 radical (unpaired) electrons. The Hall–Kier alpha value is -1.56. The first kappa shape index (κ1) is 13.9. The van der Waals surface area contributed by atoms with Crippen molar-refractivity contribution in [3.63, 3.8) is 0 Å². The van der Waals surface area contributed by atoms with Gasteiger partial charge in [-0.3, -0.25) is 0 Å². The summed E-state index contributed by atoms with van der Waals surface area (Å²) in [4.78, 5) is 24.5. The SMILES string of the molecule is CN(CC1CC1)C(=O)Nc1ccc(Br)c(C(=O)O)c1. The zero-order chi connectivity index (χ0) is 14.0. The molecule has 1 aliphatic rings. The number of hydrogen-bond donors (Lipinski definition) is 2. The number of urea groups is 1. The van der Waals surface area contributed by atoms with Gasteiger partial charge in [-0.15, -0.1) is 0 Å². The summed E-state index contributed by atoms with van der Waals surface area (Å²) in [6.45, 7) is 0.744. The Balaban J connectivity index is 2.03. The van der Waals surface area contributed by atoms with Crippen molar-refractivity contribution >= 4 is 33.6 Å². The zero-order valence-electron chi connectivity index (χ0n) is 10.5. The molecule has 2 N–H and O–H groups in total. The van der Waals surface area contributed by atoms with E-state index in [1.165, 1.54) is 18.9 Å². The maximum absolute atomic E-state index is 11.9. The molecule has 0 aliphatic heterocycles. The fourth-order valence-corrected chi connectivity index (χ4v) is 2.17. The Morgan fingerprint density at radius 3 is 2.74 bits per heavy atom. The third-order valence-corrected chi connectivity index (χ3v) is 3.72. The second-order valence-corrected chi connectivity index (χ2v) is 5.61. The van der Waals surface area contributed by atoms with E-state index in [0.717, 1.165) is 6.54 Å². The number of hydrogen-bond acceptors (Lipinski definition) is 2. The molecule has 1 saturated carbocycles. The van der Waals surface area contributed by atoms with Crippen molar-refractivity contribution in [1.29, 1.82) is 0 Å². The van der Waals surface area contributed by atoms with Crippen molar-refractivity contribution in [3.8, 4) is 0 Å². The Labute approximate surface area is 119 Å². The highest BCUT2D eigenvalue weighted by Gasteiger charge is 2.24. The van der Waals surface area contributed by atoms with Gasteiger partial charge in [0.25, 0.3) is 0 Å². The van der Waals surface area contributed by atoms with Gasteiger partial charge >= 0.3 is 12.0 Å². The summed E-state index contributed by atoms with van der Waals surface area (Å²) in [6, 6.07) is 4.50. The second kappa shape index (κ2) is 5.61. The minimum absolute atomic E-state index is 0.127. The summed E-state index contributed by atoms with van der Waals surface area (Å²) in [5.41, 5.74) is 0.607. The fraction of sp³-hybridized carbons (Fsp3) is 0.385. The maximum Gasteiger partial charge on any atom is 0.336 e. The first-order valence-corrected chi connectivity index (χ1v) is 6.81. The molecule has 1 aromatic carbocycles. The Morgan fingerprint density at radius 1 is 1.47 bits per heavy atom. The van der Waals surface area contributed by atoms with Gasteiger partial charge in [0.1, 0.15) is 0 Å². The molecule has 0 saturated heterocycles. The number of nitrogens with one attached hydrogen (secondary N) is 1. The van der Waals surface area contributed by atoms with E-state index in [2.05, 4.69) is 21.2 Å². The molecule has 0 spiro atoms. The summed E-state index contributed by atoms with van der Waals surface area (Å²) >= 11 is 3.16. The summed E-state index contributed by atoms with van der Waals surface area (Å²) in [5.74, 6) is -0.412. The lowest BCUT2D eigenvalue weighted by atomic mass is 10.2. The average Bonchev–Trinajstić information content (AvgIpc) is 3.15. The molecule has 1 fully saturated rings.